The maximum absolute atomic E-state index is 12.9. The van der Waals surface area contributed by atoms with Crippen LogP contribution < -0.4 is 0 Å². The molecule has 0 aliphatic carbocycles. The second-order valence-corrected chi connectivity index (χ2v) is 6.30. The molecule has 0 radical (unpaired) electrons. The molecule has 22 heavy (non-hydrogen) atoms. The van der Waals surface area contributed by atoms with Gasteiger partial charge in [-0.05, 0) is 13.5 Å². The van der Waals surface area contributed by atoms with Crippen molar-refractivity contribution in [3.05, 3.63) is 12.2 Å². The van der Waals surface area contributed by atoms with Gasteiger partial charge in [0.25, 0.3) is 0 Å². The van der Waals surface area contributed by atoms with E-state index in [2.05, 4.69) is 11.9 Å². The first-order valence-corrected chi connectivity index (χ1v) is 8.09. The fraction of sp³-hybridized carbons (Fsp3) is 0.750. The van der Waals surface area contributed by atoms with Crippen molar-refractivity contribution in [2.45, 2.75) is 25.6 Å². The van der Waals surface area contributed by atoms with E-state index in [-0.39, 0.29) is 24.1 Å². The molecule has 0 aromatic carbocycles. The van der Waals surface area contributed by atoms with Crippen LogP contribution in [0.2, 0.25) is 0 Å². The zero-order chi connectivity index (χ0) is 15.7. The third-order valence-electron chi connectivity index (χ3n) is 4.72. The molecule has 122 valence electrons. The second-order valence-electron chi connectivity index (χ2n) is 6.30. The van der Waals surface area contributed by atoms with Crippen LogP contribution in [0.15, 0.2) is 12.2 Å². The number of ether oxygens (including phenoxy) is 2. The molecule has 3 aliphatic rings. The largest absolute Gasteiger partial charge is 0.465 e. The van der Waals surface area contributed by atoms with Crippen molar-refractivity contribution in [2.75, 3.05) is 39.8 Å². The Morgan fingerprint density at radius 1 is 1.14 bits per heavy atom. The number of piperazine rings is 1. The Morgan fingerprint density at radius 2 is 1.77 bits per heavy atom. The molecule has 2 fully saturated rings. The van der Waals surface area contributed by atoms with E-state index in [1.165, 1.54) is 0 Å². The van der Waals surface area contributed by atoms with E-state index < -0.39 is 11.8 Å². The molecule has 2 bridgehead atoms. The predicted octanol–water partition coefficient (Wildman–Crippen LogP) is 0.283. The van der Waals surface area contributed by atoms with E-state index in [1.807, 2.05) is 24.0 Å². The van der Waals surface area contributed by atoms with Gasteiger partial charge in [0, 0.05) is 26.2 Å². The molecule has 6 nitrogen and oxygen atoms in total. The van der Waals surface area contributed by atoms with Gasteiger partial charge in [-0.3, -0.25) is 9.59 Å². The van der Waals surface area contributed by atoms with Crippen LogP contribution in [0.5, 0.6) is 0 Å². The van der Waals surface area contributed by atoms with Crippen molar-refractivity contribution in [1.29, 1.82) is 0 Å². The summed E-state index contributed by atoms with van der Waals surface area (Å²) in [6, 6.07) is 0. The molecule has 3 heterocycles. The molecule has 0 spiro atoms. The van der Waals surface area contributed by atoms with Crippen molar-refractivity contribution in [1.82, 2.24) is 9.80 Å². The lowest BCUT2D eigenvalue weighted by atomic mass is 9.82. The highest BCUT2D eigenvalue weighted by atomic mass is 16.5. The quantitative estimate of drug-likeness (QED) is 0.552. The summed E-state index contributed by atoms with van der Waals surface area (Å²) in [7, 11) is 2.05. The third kappa shape index (κ3) is 2.77. The lowest BCUT2D eigenvalue weighted by Gasteiger charge is -2.35. The van der Waals surface area contributed by atoms with Crippen LogP contribution in [-0.4, -0.2) is 73.7 Å². The first-order valence-electron chi connectivity index (χ1n) is 8.09. The Labute approximate surface area is 131 Å². The number of carbonyl (C=O) groups excluding carboxylic acids is 2. The van der Waals surface area contributed by atoms with Crippen LogP contribution in [0.4, 0.5) is 0 Å². The van der Waals surface area contributed by atoms with Gasteiger partial charge in [0.2, 0.25) is 5.91 Å². The summed E-state index contributed by atoms with van der Waals surface area (Å²) in [6.45, 7) is 5.51. The zero-order valence-corrected chi connectivity index (χ0v) is 13.2. The van der Waals surface area contributed by atoms with Crippen molar-refractivity contribution in [3.8, 4) is 0 Å². The number of likely N-dealkylation sites (N-methyl/N-ethyl adjacent to an activating group) is 1. The van der Waals surface area contributed by atoms with Crippen LogP contribution in [0.3, 0.4) is 0 Å². The zero-order valence-electron chi connectivity index (χ0n) is 13.2. The molecular formula is C16H24N2O4. The predicted molar refractivity (Wildman–Crippen MR) is 80.1 cm³/mol. The summed E-state index contributed by atoms with van der Waals surface area (Å²) in [5.41, 5.74) is 0. The van der Waals surface area contributed by atoms with Gasteiger partial charge in [-0.2, -0.15) is 0 Å². The summed E-state index contributed by atoms with van der Waals surface area (Å²) in [5, 5.41) is 0. The highest BCUT2D eigenvalue weighted by molar-refractivity contribution is 5.88. The standard InChI is InChI=1S/C16H24N2O4/c1-3-10-21-16(20)14-12-5-4-11(22-12)13(14)15(19)18-8-6-17(2)7-9-18/h4-5,11-14H,3,6-10H2,1-2H3. The van der Waals surface area contributed by atoms with Gasteiger partial charge in [0.15, 0.2) is 0 Å². The summed E-state index contributed by atoms with van der Waals surface area (Å²) >= 11 is 0. The lowest BCUT2D eigenvalue weighted by Crippen LogP contribution is -2.52. The van der Waals surface area contributed by atoms with Crippen molar-refractivity contribution in [2.24, 2.45) is 11.8 Å². The van der Waals surface area contributed by atoms with E-state index >= 15 is 0 Å². The van der Waals surface area contributed by atoms with E-state index in [4.69, 9.17) is 9.47 Å². The molecule has 0 N–H and O–H groups in total. The average Bonchev–Trinajstić information content (AvgIpc) is 3.13. The van der Waals surface area contributed by atoms with Gasteiger partial charge in [-0.1, -0.05) is 19.1 Å². The number of hydrogen-bond donors (Lipinski definition) is 0. The molecule has 0 aromatic heterocycles. The lowest BCUT2D eigenvalue weighted by molar-refractivity contribution is -0.155. The number of hydrogen-bond acceptors (Lipinski definition) is 5. The molecule has 4 unspecified atom stereocenters. The van der Waals surface area contributed by atoms with Gasteiger partial charge in [0.1, 0.15) is 5.92 Å². The summed E-state index contributed by atoms with van der Waals surface area (Å²) < 4.78 is 11.0. The number of amides is 1. The minimum Gasteiger partial charge on any atom is -0.465 e. The number of esters is 1. The number of fused-ring (bicyclic) bond motifs is 2. The van der Waals surface area contributed by atoms with E-state index in [0.29, 0.717) is 19.7 Å². The average molecular weight is 308 g/mol. The van der Waals surface area contributed by atoms with E-state index in [9.17, 15) is 9.59 Å². The molecule has 3 rings (SSSR count). The molecule has 3 aliphatic heterocycles. The maximum Gasteiger partial charge on any atom is 0.312 e. The highest BCUT2D eigenvalue weighted by Crippen LogP contribution is 2.41. The van der Waals surface area contributed by atoms with Gasteiger partial charge >= 0.3 is 5.97 Å². The summed E-state index contributed by atoms with van der Waals surface area (Å²) in [6.07, 6.45) is 3.98. The molecule has 4 atom stereocenters. The Bertz CT molecular complexity index is 471. The number of nitrogens with zero attached hydrogens (tertiary/aromatic N) is 2. The van der Waals surface area contributed by atoms with Crippen molar-refractivity contribution >= 4 is 11.9 Å². The summed E-state index contributed by atoms with van der Waals surface area (Å²) in [5.74, 6) is -1.19. The summed E-state index contributed by atoms with van der Waals surface area (Å²) in [4.78, 5) is 29.3. The van der Waals surface area contributed by atoms with Crippen molar-refractivity contribution < 1.29 is 19.1 Å². The minimum absolute atomic E-state index is 0.0309. The topological polar surface area (TPSA) is 59.1 Å². The third-order valence-corrected chi connectivity index (χ3v) is 4.72. The number of rotatable bonds is 4. The van der Waals surface area contributed by atoms with Crippen LogP contribution in [0.1, 0.15) is 13.3 Å². The Balaban J connectivity index is 1.71. The minimum atomic E-state index is -0.492. The van der Waals surface area contributed by atoms with Crippen LogP contribution in [0, 0.1) is 11.8 Å². The van der Waals surface area contributed by atoms with Gasteiger partial charge in [-0.25, -0.2) is 0 Å². The maximum atomic E-state index is 12.9. The fourth-order valence-corrected chi connectivity index (χ4v) is 3.42. The first-order chi connectivity index (χ1) is 10.6. The van der Waals surface area contributed by atoms with E-state index in [1.54, 1.807) is 0 Å². The van der Waals surface area contributed by atoms with Gasteiger partial charge in [-0.15, -0.1) is 0 Å². The molecule has 6 heteroatoms. The van der Waals surface area contributed by atoms with Crippen LogP contribution in [-0.2, 0) is 19.1 Å². The van der Waals surface area contributed by atoms with Crippen LogP contribution >= 0.6 is 0 Å². The van der Waals surface area contributed by atoms with Gasteiger partial charge < -0.3 is 19.3 Å². The van der Waals surface area contributed by atoms with Crippen molar-refractivity contribution in [3.63, 3.8) is 0 Å². The van der Waals surface area contributed by atoms with Gasteiger partial charge in [0.05, 0.1) is 24.7 Å². The molecular weight excluding hydrogens is 284 g/mol. The Morgan fingerprint density at radius 3 is 2.41 bits per heavy atom. The highest BCUT2D eigenvalue weighted by Gasteiger charge is 2.54. The first kappa shape index (κ1) is 15.5. The van der Waals surface area contributed by atoms with E-state index in [0.717, 1.165) is 19.5 Å². The monoisotopic (exact) mass is 308 g/mol. The Kier molecular flexibility index (Phi) is 4.49. The molecule has 0 aromatic rings. The SMILES string of the molecule is CCCOC(=O)C1C2C=CC(O2)C1C(=O)N1CCN(C)CC1. The second kappa shape index (κ2) is 6.38. The smallest absolute Gasteiger partial charge is 0.312 e. The Hall–Kier alpha value is -1.40. The van der Waals surface area contributed by atoms with Crippen LogP contribution in [0.25, 0.3) is 0 Å². The molecule has 0 saturated carbocycles. The molecule has 2 saturated heterocycles. The fourth-order valence-electron chi connectivity index (χ4n) is 3.42. The number of carbonyl (C=O) groups is 2. The molecule has 1 amide bonds. The normalized spacial score (nSPS) is 34.2.